The van der Waals surface area contributed by atoms with Gasteiger partial charge in [0.1, 0.15) is 11.4 Å². The summed E-state index contributed by atoms with van der Waals surface area (Å²) in [6.07, 6.45) is 2.57. The number of amides is 1. The zero-order valence-corrected chi connectivity index (χ0v) is 16.0. The Hall–Kier alpha value is -2.42. The van der Waals surface area contributed by atoms with Crippen LogP contribution in [0, 0.1) is 23.1 Å². The summed E-state index contributed by atoms with van der Waals surface area (Å²) in [5.41, 5.74) is 0.142. The number of halogens is 1. The molecule has 144 valence electrons. The fourth-order valence-corrected chi connectivity index (χ4v) is 4.19. The van der Waals surface area contributed by atoms with Crippen LogP contribution in [0.3, 0.4) is 0 Å². The van der Waals surface area contributed by atoms with Crippen LogP contribution in [-0.2, 0) is 11.2 Å². The van der Waals surface area contributed by atoms with Gasteiger partial charge in [-0.25, -0.2) is 9.18 Å². The van der Waals surface area contributed by atoms with Gasteiger partial charge in [-0.15, -0.1) is 0 Å². The number of fused-ring (bicyclic) bond motifs is 2. The van der Waals surface area contributed by atoms with Crippen molar-refractivity contribution in [3.63, 3.8) is 0 Å². The van der Waals surface area contributed by atoms with Crippen LogP contribution >= 0.6 is 0 Å². The summed E-state index contributed by atoms with van der Waals surface area (Å²) in [6.45, 7) is 5.53. The van der Waals surface area contributed by atoms with E-state index in [0.717, 1.165) is 12.8 Å². The van der Waals surface area contributed by atoms with Gasteiger partial charge in [0, 0.05) is 29.1 Å². The molecule has 0 N–H and O–H groups in total. The van der Waals surface area contributed by atoms with Crippen molar-refractivity contribution in [1.29, 1.82) is 5.26 Å². The Balaban J connectivity index is 1.73. The number of hydrogen-bond acceptors (Lipinski definition) is 4. The summed E-state index contributed by atoms with van der Waals surface area (Å²) in [7, 11) is 0. The van der Waals surface area contributed by atoms with Gasteiger partial charge in [-0.1, -0.05) is 0 Å². The Morgan fingerprint density at radius 2 is 1.89 bits per heavy atom. The van der Waals surface area contributed by atoms with E-state index in [1.54, 1.807) is 4.90 Å². The molecule has 0 saturated carbocycles. The molecule has 2 fully saturated rings. The molecule has 0 aromatic heterocycles. The summed E-state index contributed by atoms with van der Waals surface area (Å²) in [5, 5.41) is 8.81. The number of nitriles is 1. The van der Waals surface area contributed by atoms with Gasteiger partial charge in [0.25, 0.3) is 0 Å². The molecule has 2 unspecified atom stereocenters. The van der Waals surface area contributed by atoms with E-state index < -0.39 is 11.4 Å². The lowest BCUT2D eigenvalue weighted by atomic mass is 9.84. The molecule has 2 heterocycles. The molecule has 2 aliphatic heterocycles. The molecule has 2 atom stereocenters. The summed E-state index contributed by atoms with van der Waals surface area (Å²) >= 11 is 0. The van der Waals surface area contributed by atoms with Crippen LogP contribution in [0.1, 0.15) is 62.4 Å². The van der Waals surface area contributed by atoms with Crippen molar-refractivity contribution in [2.45, 2.75) is 70.6 Å². The van der Waals surface area contributed by atoms with Gasteiger partial charge >= 0.3 is 6.09 Å². The van der Waals surface area contributed by atoms with E-state index in [1.165, 1.54) is 18.2 Å². The molecule has 1 aromatic carbocycles. The first-order chi connectivity index (χ1) is 12.7. The number of rotatable bonds is 3. The van der Waals surface area contributed by atoms with Crippen LogP contribution in [0.4, 0.5) is 9.18 Å². The minimum atomic E-state index is -0.547. The third kappa shape index (κ3) is 4.13. The number of carbonyl (C=O) groups is 2. The maximum absolute atomic E-state index is 13.8. The van der Waals surface area contributed by atoms with Gasteiger partial charge in [-0.3, -0.25) is 4.79 Å². The third-order valence-corrected chi connectivity index (χ3v) is 5.31. The Labute approximate surface area is 159 Å². The number of Topliss-reactive ketones (excluding diaryl/α,β-unsaturated/α-hetero) is 1. The topological polar surface area (TPSA) is 70.4 Å². The van der Waals surface area contributed by atoms with E-state index >= 15 is 0 Å². The van der Waals surface area contributed by atoms with Crippen molar-refractivity contribution < 1.29 is 18.7 Å². The molecule has 0 radical (unpaired) electrons. The van der Waals surface area contributed by atoms with Crippen LogP contribution in [0.5, 0.6) is 0 Å². The fraction of sp³-hybridized carbons (Fsp3) is 0.571. The highest BCUT2D eigenvalue weighted by molar-refractivity contribution is 5.98. The van der Waals surface area contributed by atoms with Gasteiger partial charge in [0.2, 0.25) is 0 Å². The first-order valence-electron chi connectivity index (χ1n) is 9.40. The van der Waals surface area contributed by atoms with E-state index in [-0.39, 0.29) is 41.9 Å². The molecular formula is C21H25FN2O3. The van der Waals surface area contributed by atoms with Crippen LogP contribution in [-0.4, -0.2) is 34.5 Å². The van der Waals surface area contributed by atoms with Crippen LogP contribution in [0.25, 0.3) is 0 Å². The Morgan fingerprint density at radius 1 is 1.26 bits per heavy atom. The minimum absolute atomic E-state index is 0.00609. The van der Waals surface area contributed by atoms with Crippen LogP contribution in [0.2, 0.25) is 0 Å². The molecule has 0 spiro atoms. The second-order valence-electron chi connectivity index (χ2n) is 8.45. The largest absolute Gasteiger partial charge is 0.444 e. The first-order valence-corrected chi connectivity index (χ1v) is 9.40. The lowest BCUT2D eigenvalue weighted by Crippen LogP contribution is -2.49. The number of ether oxygens (including phenoxy) is 1. The zero-order chi connectivity index (χ0) is 19.8. The lowest BCUT2D eigenvalue weighted by molar-refractivity contribution is 0.00254. The van der Waals surface area contributed by atoms with Crippen molar-refractivity contribution >= 4 is 11.9 Å². The van der Waals surface area contributed by atoms with E-state index in [1.807, 2.05) is 26.8 Å². The van der Waals surface area contributed by atoms with Crippen molar-refractivity contribution in [2.75, 3.05) is 0 Å². The van der Waals surface area contributed by atoms with Crippen LogP contribution in [0.15, 0.2) is 18.2 Å². The lowest BCUT2D eigenvalue weighted by Gasteiger charge is -2.39. The van der Waals surface area contributed by atoms with Gasteiger partial charge < -0.3 is 9.64 Å². The van der Waals surface area contributed by atoms with Gasteiger partial charge in [-0.05, 0) is 64.7 Å². The Kier molecular flexibility index (Phi) is 5.23. The van der Waals surface area contributed by atoms with Crippen molar-refractivity contribution in [3.05, 3.63) is 35.1 Å². The normalized spacial score (nSPS) is 24.4. The van der Waals surface area contributed by atoms with E-state index in [2.05, 4.69) is 0 Å². The van der Waals surface area contributed by atoms with Crippen molar-refractivity contribution in [3.8, 4) is 6.07 Å². The van der Waals surface area contributed by atoms with Gasteiger partial charge in [-0.2, -0.15) is 5.26 Å². The second kappa shape index (κ2) is 7.30. The van der Waals surface area contributed by atoms with Crippen molar-refractivity contribution in [2.24, 2.45) is 5.92 Å². The molecule has 1 amide bonds. The summed E-state index contributed by atoms with van der Waals surface area (Å²) in [6, 6.07) is 6.16. The molecule has 1 aromatic rings. The summed E-state index contributed by atoms with van der Waals surface area (Å²) < 4.78 is 19.3. The molecule has 0 aliphatic carbocycles. The molecule has 27 heavy (non-hydrogen) atoms. The maximum atomic E-state index is 13.8. The van der Waals surface area contributed by atoms with E-state index in [4.69, 9.17) is 10.00 Å². The number of nitrogens with zero attached hydrogens (tertiary/aromatic N) is 2. The highest BCUT2D eigenvalue weighted by Gasteiger charge is 2.46. The number of ketones is 1. The molecule has 6 heteroatoms. The molecule has 2 bridgehead atoms. The SMILES string of the molecule is CC(C)(C)OC(=O)N1C2CCC1CC(C(=O)c1ccc(F)c(CC#N)c1)C2. The number of hydrogen-bond donors (Lipinski definition) is 0. The minimum Gasteiger partial charge on any atom is -0.444 e. The predicted octanol–water partition coefficient (Wildman–Crippen LogP) is 4.25. The number of carbonyl (C=O) groups excluding carboxylic acids is 2. The molecule has 5 nitrogen and oxygen atoms in total. The summed E-state index contributed by atoms with van der Waals surface area (Å²) in [5.74, 6) is -0.690. The van der Waals surface area contributed by atoms with Gasteiger partial charge in [0.05, 0.1) is 12.5 Å². The number of piperidine rings is 1. The smallest absolute Gasteiger partial charge is 0.410 e. The summed E-state index contributed by atoms with van der Waals surface area (Å²) in [4.78, 5) is 27.3. The standard InChI is InChI=1S/C21H25FN2O3/c1-21(2,3)27-20(26)24-16-5-6-17(24)12-15(11-16)19(25)14-4-7-18(22)13(10-14)8-9-23/h4,7,10,15-17H,5-6,8,11-12H2,1-3H3. The quantitative estimate of drug-likeness (QED) is 0.744. The molecule has 3 rings (SSSR count). The van der Waals surface area contributed by atoms with Gasteiger partial charge in [0.15, 0.2) is 5.78 Å². The highest BCUT2D eigenvalue weighted by atomic mass is 19.1. The monoisotopic (exact) mass is 372 g/mol. The Bertz CT molecular complexity index is 780. The molecule has 2 aliphatic rings. The van der Waals surface area contributed by atoms with Crippen LogP contribution < -0.4 is 0 Å². The molecule has 2 saturated heterocycles. The van der Waals surface area contributed by atoms with E-state index in [9.17, 15) is 14.0 Å². The molecular weight excluding hydrogens is 347 g/mol. The Morgan fingerprint density at radius 3 is 2.44 bits per heavy atom. The average Bonchev–Trinajstić information content (AvgIpc) is 2.85. The zero-order valence-electron chi connectivity index (χ0n) is 16.0. The first kappa shape index (κ1) is 19.3. The second-order valence-corrected chi connectivity index (χ2v) is 8.45. The third-order valence-electron chi connectivity index (χ3n) is 5.31. The maximum Gasteiger partial charge on any atom is 0.410 e. The van der Waals surface area contributed by atoms with E-state index in [0.29, 0.717) is 18.4 Å². The fourth-order valence-electron chi connectivity index (χ4n) is 4.19. The number of benzene rings is 1. The highest BCUT2D eigenvalue weighted by Crippen LogP contribution is 2.40. The van der Waals surface area contributed by atoms with Crippen molar-refractivity contribution in [1.82, 2.24) is 4.90 Å². The predicted molar refractivity (Wildman–Crippen MR) is 97.7 cm³/mol. The average molecular weight is 372 g/mol.